The summed E-state index contributed by atoms with van der Waals surface area (Å²) in [6, 6.07) is 8.87. The second-order valence-corrected chi connectivity index (χ2v) is 6.68. The van der Waals surface area contributed by atoms with E-state index in [1.54, 1.807) is 0 Å². The Labute approximate surface area is 118 Å². The van der Waals surface area contributed by atoms with Crippen molar-refractivity contribution in [2.75, 3.05) is 18.0 Å². The topological polar surface area (TPSA) is 27.0 Å². The number of nitriles is 1. The molecule has 1 aliphatic rings. The van der Waals surface area contributed by atoms with Crippen molar-refractivity contribution in [3.8, 4) is 6.07 Å². The Morgan fingerprint density at radius 1 is 1.44 bits per heavy atom. The van der Waals surface area contributed by atoms with Gasteiger partial charge in [-0.05, 0) is 52.4 Å². The molecule has 0 saturated carbocycles. The maximum atomic E-state index is 9.32. The van der Waals surface area contributed by atoms with Crippen LogP contribution in [0.5, 0.6) is 0 Å². The lowest BCUT2D eigenvalue weighted by Gasteiger charge is -2.42. The van der Waals surface area contributed by atoms with Crippen LogP contribution in [-0.2, 0) is 0 Å². The second-order valence-electron chi connectivity index (χ2n) is 5.82. The van der Waals surface area contributed by atoms with Gasteiger partial charge in [0, 0.05) is 17.6 Å². The molecule has 1 aromatic carbocycles. The number of hydrogen-bond donors (Lipinski definition) is 0. The SMILES string of the molecule is Cc1ccc(N2CCC(C)(C)C(C#N)C2)c(Br)c1. The molecule has 0 amide bonds. The summed E-state index contributed by atoms with van der Waals surface area (Å²) in [7, 11) is 0. The van der Waals surface area contributed by atoms with E-state index in [4.69, 9.17) is 0 Å². The highest BCUT2D eigenvalue weighted by Crippen LogP contribution is 2.38. The maximum Gasteiger partial charge on any atom is 0.0690 e. The van der Waals surface area contributed by atoms with Gasteiger partial charge in [-0.1, -0.05) is 19.9 Å². The summed E-state index contributed by atoms with van der Waals surface area (Å²) in [5.41, 5.74) is 2.58. The molecule has 0 spiro atoms. The minimum absolute atomic E-state index is 0.0967. The molecule has 96 valence electrons. The van der Waals surface area contributed by atoms with Crippen molar-refractivity contribution in [3.63, 3.8) is 0 Å². The summed E-state index contributed by atoms with van der Waals surface area (Å²) in [5, 5.41) is 9.32. The van der Waals surface area contributed by atoms with Crippen molar-refractivity contribution < 1.29 is 0 Å². The van der Waals surface area contributed by atoms with Gasteiger partial charge < -0.3 is 4.90 Å². The fourth-order valence-electron chi connectivity index (χ4n) is 2.46. The van der Waals surface area contributed by atoms with E-state index < -0.39 is 0 Å². The summed E-state index contributed by atoms with van der Waals surface area (Å²) in [6.07, 6.45) is 1.06. The third-order valence-corrected chi connectivity index (χ3v) is 4.61. The summed E-state index contributed by atoms with van der Waals surface area (Å²) in [5.74, 6) is 0.0967. The van der Waals surface area contributed by atoms with Gasteiger partial charge in [0.15, 0.2) is 0 Å². The van der Waals surface area contributed by atoms with Crippen LogP contribution in [0.3, 0.4) is 0 Å². The van der Waals surface area contributed by atoms with Crippen LogP contribution in [0.15, 0.2) is 22.7 Å². The van der Waals surface area contributed by atoms with Crippen molar-refractivity contribution in [2.24, 2.45) is 11.3 Å². The molecule has 0 N–H and O–H groups in total. The first kappa shape index (κ1) is 13.4. The molecule has 1 aliphatic heterocycles. The average Bonchev–Trinajstić information content (AvgIpc) is 2.30. The molecule has 0 bridgehead atoms. The van der Waals surface area contributed by atoms with Crippen LogP contribution in [0, 0.1) is 29.6 Å². The molecule has 1 aromatic rings. The largest absolute Gasteiger partial charge is 0.369 e. The van der Waals surface area contributed by atoms with Crippen molar-refractivity contribution in [3.05, 3.63) is 28.2 Å². The normalized spacial score (nSPS) is 22.6. The Morgan fingerprint density at radius 3 is 2.78 bits per heavy atom. The van der Waals surface area contributed by atoms with Gasteiger partial charge in [0.05, 0.1) is 17.7 Å². The highest BCUT2D eigenvalue weighted by molar-refractivity contribution is 9.10. The minimum atomic E-state index is 0.0967. The van der Waals surface area contributed by atoms with Crippen LogP contribution in [0.1, 0.15) is 25.8 Å². The predicted octanol–water partition coefficient (Wildman–Crippen LogP) is 4.13. The summed E-state index contributed by atoms with van der Waals surface area (Å²) in [6.45, 7) is 8.33. The molecule has 0 aliphatic carbocycles. The molecule has 0 aromatic heterocycles. The second kappa shape index (κ2) is 4.93. The quantitative estimate of drug-likeness (QED) is 0.780. The van der Waals surface area contributed by atoms with Crippen LogP contribution in [0.4, 0.5) is 5.69 Å². The molecular weight excluding hydrogens is 288 g/mol. The fraction of sp³-hybridized carbons (Fsp3) is 0.533. The van der Waals surface area contributed by atoms with E-state index >= 15 is 0 Å². The molecule has 18 heavy (non-hydrogen) atoms. The van der Waals surface area contributed by atoms with Gasteiger partial charge in [-0.25, -0.2) is 0 Å². The molecular formula is C15H19BrN2. The van der Waals surface area contributed by atoms with Crippen molar-refractivity contribution in [1.29, 1.82) is 5.26 Å². The molecule has 1 atom stereocenters. The zero-order valence-corrected chi connectivity index (χ0v) is 12.8. The van der Waals surface area contributed by atoms with E-state index in [1.807, 2.05) is 0 Å². The Morgan fingerprint density at radius 2 is 2.17 bits per heavy atom. The van der Waals surface area contributed by atoms with E-state index in [2.05, 4.69) is 65.9 Å². The van der Waals surface area contributed by atoms with Crippen LogP contribution in [0.25, 0.3) is 0 Å². The number of hydrogen-bond acceptors (Lipinski definition) is 2. The number of rotatable bonds is 1. The average molecular weight is 307 g/mol. The van der Waals surface area contributed by atoms with Crippen LogP contribution >= 0.6 is 15.9 Å². The standard InChI is InChI=1S/C15H19BrN2/c1-11-4-5-14(13(16)8-11)18-7-6-15(2,3)12(9-17)10-18/h4-5,8,12H,6-7,10H2,1-3H3. The monoisotopic (exact) mass is 306 g/mol. The lowest BCUT2D eigenvalue weighted by molar-refractivity contribution is 0.217. The molecule has 2 nitrogen and oxygen atoms in total. The smallest absolute Gasteiger partial charge is 0.0690 e. The molecule has 0 radical (unpaired) electrons. The minimum Gasteiger partial charge on any atom is -0.369 e. The first-order chi connectivity index (χ1) is 8.44. The highest BCUT2D eigenvalue weighted by atomic mass is 79.9. The molecule has 2 rings (SSSR count). The van der Waals surface area contributed by atoms with E-state index in [9.17, 15) is 5.26 Å². The predicted molar refractivity (Wildman–Crippen MR) is 78.6 cm³/mol. The van der Waals surface area contributed by atoms with Crippen molar-refractivity contribution >= 4 is 21.6 Å². The highest BCUT2D eigenvalue weighted by Gasteiger charge is 2.36. The number of anilines is 1. The van der Waals surface area contributed by atoms with Gasteiger partial charge in [0.2, 0.25) is 0 Å². The van der Waals surface area contributed by atoms with Gasteiger partial charge in [-0.15, -0.1) is 0 Å². The summed E-state index contributed by atoms with van der Waals surface area (Å²) in [4.78, 5) is 2.32. The first-order valence-corrected chi connectivity index (χ1v) is 7.14. The fourth-order valence-corrected chi connectivity index (χ4v) is 3.20. The van der Waals surface area contributed by atoms with E-state index in [0.29, 0.717) is 0 Å². The lowest BCUT2D eigenvalue weighted by Crippen LogP contribution is -2.44. The Hall–Kier alpha value is -1.01. The van der Waals surface area contributed by atoms with Crippen LogP contribution < -0.4 is 4.90 Å². The molecule has 1 unspecified atom stereocenters. The number of aryl methyl sites for hydroxylation is 1. The zero-order chi connectivity index (χ0) is 13.3. The zero-order valence-electron chi connectivity index (χ0n) is 11.2. The molecule has 1 fully saturated rings. The number of nitrogens with zero attached hydrogens (tertiary/aromatic N) is 2. The first-order valence-electron chi connectivity index (χ1n) is 6.35. The van der Waals surface area contributed by atoms with Gasteiger partial charge in [0.1, 0.15) is 0 Å². The van der Waals surface area contributed by atoms with Crippen LogP contribution in [0.2, 0.25) is 0 Å². The van der Waals surface area contributed by atoms with E-state index in [0.717, 1.165) is 24.0 Å². The summed E-state index contributed by atoms with van der Waals surface area (Å²) >= 11 is 3.63. The van der Waals surface area contributed by atoms with Gasteiger partial charge in [-0.3, -0.25) is 0 Å². The Bertz CT molecular complexity index is 488. The summed E-state index contributed by atoms with van der Waals surface area (Å²) < 4.78 is 1.12. The van der Waals surface area contributed by atoms with Gasteiger partial charge in [0.25, 0.3) is 0 Å². The third-order valence-electron chi connectivity index (χ3n) is 3.97. The lowest BCUT2D eigenvalue weighted by atomic mass is 9.74. The van der Waals surface area contributed by atoms with Crippen molar-refractivity contribution in [1.82, 2.24) is 0 Å². The van der Waals surface area contributed by atoms with Crippen molar-refractivity contribution in [2.45, 2.75) is 27.2 Å². The van der Waals surface area contributed by atoms with Crippen LogP contribution in [-0.4, -0.2) is 13.1 Å². The number of piperidine rings is 1. The number of benzene rings is 1. The Balaban J connectivity index is 2.24. The number of halogens is 1. The van der Waals surface area contributed by atoms with E-state index in [-0.39, 0.29) is 11.3 Å². The Kier molecular flexibility index (Phi) is 3.68. The van der Waals surface area contributed by atoms with Gasteiger partial charge in [-0.2, -0.15) is 5.26 Å². The third kappa shape index (κ3) is 2.54. The van der Waals surface area contributed by atoms with Gasteiger partial charge >= 0.3 is 0 Å². The maximum absolute atomic E-state index is 9.32. The molecule has 3 heteroatoms. The molecule has 1 heterocycles. The van der Waals surface area contributed by atoms with E-state index in [1.165, 1.54) is 11.3 Å². The molecule has 1 saturated heterocycles.